The van der Waals surface area contributed by atoms with Gasteiger partial charge in [-0.15, -0.1) is 0 Å². The molecule has 0 aliphatic rings. The van der Waals surface area contributed by atoms with Crippen molar-refractivity contribution in [3.8, 4) is 0 Å². The first kappa shape index (κ1) is 45.9. The fourth-order valence-corrected chi connectivity index (χ4v) is 5.15. The molecule has 49 heavy (non-hydrogen) atoms. The number of hydrogen-bond acceptors (Lipinski definition) is 3. The minimum absolute atomic E-state index is 0.0560. The first-order valence-electron chi connectivity index (χ1n) is 19.7. The number of unbranched alkanes of at least 4 members (excludes halogenated alkanes) is 11. The maximum absolute atomic E-state index is 12.2. The molecule has 278 valence electrons. The second-order valence-electron chi connectivity index (χ2n) is 12.9. The predicted octanol–water partition coefficient (Wildman–Crippen LogP) is 11.3. The highest BCUT2D eigenvalue weighted by atomic mass is 16.4. The summed E-state index contributed by atoms with van der Waals surface area (Å²) < 4.78 is 0. The lowest BCUT2D eigenvalue weighted by atomic mass is 10.0. The Labute approximate surface area is 300 Å². The van der Waals surface area contributed by atoms with Crippen LogP contribution in [0.15, 0.2) is 72.9 Å². The van der Waals surface area contributed by atoms with E-state index in [2.05, 4.69) is 97.4 Å². The van der Waals surface area contributed by atoms with E-state index >= 15 is 0 Å². The van der Waals surface area contributed by atoms with Crippen molar-refractivity contribution in [3.05, 3.63) is 72.9 Å². The monoisotopic (exact) mass is 681 g/mol. The van der Waals surface area contributed by atoms with Crippen LogP contribution in [-0.4, -0.2) is 36.0 Å². The van der Waals surface area contributed by atoms with Gasteiger partial charge in [-0.25, -0.2) is 0 Å². The molecule has 1 atom stereocenters. The molecule has 6 nitrogen and oxygen atoms in total. The normalized spacial score (nSPS) is 12.9. The molecule has 0 rings (SSSR count). The first-order chi connectivity index (χ1) is 24.0. The van der Waals surface area contributed by atoms with E-state index in [1.165, 1.54) is 51.4 Å². The Morgan fingerprint density at radius 1 is 0.490 bits per heavy atom. The Balaban J connectivity index is 3.78. The molecule has 0 spiro atoms. The molecule has 0 radical (unpaired) electrons. The molecule has 3 N–H and O–H groups in total. The third-order valence-electron chi connectivity index (χ3n) is 8.28. The highest BCUT2D eigenvalue weighted by Gasteiger charge is 2.17. The minimum Gasteiger partial charge on any atom is -0.481 e. The zero-order valence-electron chi connectivity index (χ0n) is 31.4. The SMILES string of the molecule is CCCCC/C=C\C/C=C\C/C=C\CCCCC(=O)NCCCCC(CNC(=O)CCCC/C=C\C/C=C\C/C=C\CCCCC)C(=O)O. The molecule has 2 amide bonds. The number of allylic oxidation sites excluding steroid dienone is 12. The van der Waals surface area contributed by atoms with E-state index in [1.807, 2.05) is 0 Å². The molecule has 6 heteroatoms. The summed E-state index contributed by atoms with van der Waals surface area (Å²) in [7, 11) is 0. The molecule has 0 aromatic heterocycles. The Kier molecular flexibility index (Phi) is 35.2. The van der Waals surface area contributed by atoms with Crippen LogP contribution in [0.25, 0.3) is 0 Å². The van der Waals surface area contributed by atoms with Crippen molar-refractivity contribution in [2.45, 2.75) is 162 Å². The Morgan fingerprint density at radius 2 is 0.878 bits per heavy atom. The van der Waals surface area contributed by atoms with Gasteiger partial charge < -0.3 is 15.7 Å². The van der Waals surface area contributed by atoms with Crippen LogP contribution in [0.3, 0.4) is 0 Å². The lowest BCUT2D eigenvalue weighted by Gasteiger charge is -2.13. The summed E-state index contributed by atoms with van der Waals surface area (Å²) in [6, 6.07) is 0. The zero-order chi connectivity index (χ0) is 35.9. The topological polar surface area (TPSA) is 95.5 Å². The molecule has 0 aliphatic carbocycles. The van der Waals surface area contributed by atoms with E-state index in [0.717, 1.165) is 70.6 Å². The quantitative estimate of drug-likeness (QED) is 0.0465. The second kappa shape index (κ2) is 37.7. The van der Waals surface area contributed by atoms with Crippen LogP contribution in [0, 0.1) is 5.92 Å². The maximum atomic E-state index is 12.2. The summed E-state index contributed by atoms with van der Waals surface area (Å²) in [5.74, 6) is -1.52. The molecule has 0 fully saturated rings. The average molecular weight is 681 g/mol. The maximum Gasteiger partial charge on any atom is 0.308 e. The summed E-state index contributed by atoms with van der Waals surface area (Å²) in [4.78, 5) is 36.0. The number of amides is 2. The molecule has 0 saturated carbocycles. The van der Waals surface area contributed by atoms with Gasteiger partial charge in [-0.3, -0.25) is 14.4 Å². The highest BCUT2D eigenvalue weighted by molar-refractivity contribution is 5.77. The van der Waals surface area contributed by atoms with Crippen LogP contribution in [0.1, 0.15) is 162 Å². The molecule has 0 heterocycles. The van der Waals surface area contributed by atoms with Crippen LogP contribution >= 0.6 is 0 Å². The number of hydrogen-bond donors (Lipinski definition) is 3. The highest BCUT2D eigenvalue weighted by Crippen LogP contribution is 2.10. The largest absolute Gasteiger partial charge is 0.481 e. The van der Waals surface area contributed by atoms with Crippen molar-refractivity contribution in [2.75, 3.05) is 13.1 Å². The van der Waals surface area contributed by atoms with Gasteiger partial charge in [0.15, 0.2) is 0 Å². The lowest BCUT2D eigenvalue weighted by Crippen LogP contribution is -2.33. The smallest absolute Gasteiger partial charge is 0.308 e. The van der Waals surface area contributed by atoms with Crippen molar-refractivity contribution >= 4 is 17.8 Å². The number of rotatable bonds is 34. The van der Waals surface area contributed by atoms with Gasteiger partial charge in [-0.2, -0.15) is 0 Å². The summed E-state index contributed by atoms with van der Waals surface area (Å²) in [5.41, 5.74) is 0. The van der Waals surface area contributed by atoms with E-state index in [4.69, 9.17) is 0 Å². The fourth-order valence-electron chi connectivity index (χ4n) is 5.15. The van der Waals surface area contributed by atoms with Gasteiger partial charge in [-0.05, 0) is 103 Å². The number of carbonyl (C=O) groups is 3. The average Bonchev–Trinajstić information content (AvgIpc) is 3.09. The van der Waals surface area contributed by atoms with Crippen molar-refractivity contribution in [3.63, 3.8) is 0 Å². The number of nitrogens with one attached hydrogen (secondary N) is 2. The van der Waals surface area contributed by atoms with Crippen molar-refractivity contribution in [1.82, 2.24) is 10.6 Å². The van der Waals surface area contributed by atoms with Gasteiger partial charge in [-0.1, -0.05) is 119 Å². The lowest BCUT2D eigenvalue weighted by molar-refractivity contribution is -0.142. The summed E-state index contributed by atoms with van der Waals surface area (Å²) >= 11 is 0. The van der Waals surface area contributed by atoms with E-state index in [0.29, 0.717) is 32.2 Å². The van der Waals surface area contributed by atoms with Gasteiger partial charge in [0.05, 0.1) is 5.92 Å². The van der Waals surface area contributed by atoms with E-state index < -0.39 is 11.9 Å². The van der Waals surface area contributed by atoms with Crippen LogP contribution in [0.4, 0.5) is 0 Å². The molecule has 0 aliphatic heterocycles. The molecule has 0 bridgehead atoms. The van der Waals surface area contributed by atoms with Gasteiger partial charge in [0.2, 0.25) is 11.8 Å². The van der Waals surface area contributed by atoms with E-state index in [1.54, 1.807) is 0 Å². The van der Waals surface area contributed by atoms with Crippen molar-refractivity contribution < 1.29 is 19.5 Å². The van der Waals surface area contributed by atoms with Gasteiger partial charge in [0.1, 0.15) is 0 Å². The molecule has 0 aromatic rings. The van der Waals surface area contributed by atoms with Gasteiger partial charge in [0, 0.05) is 25.9 Å². The van der Waals surface area contributed by atoms with Crippen LogP contribution in [-0.2, 0) is 14.4 Å². The van der Waals surface area contributed by atoms with Crippen molar-refractivity contribution in [2.24, 2.45) is 5.92 Å². The molecular weight excluding hydrogens is 608 g/mol. The molecule has 0 saturated heterocycles. The predicted molar refractivity (Wildman–Crippen MR) is 210 cm³/mol. The van der Waals surface area contributed by atoms with Crippen LogP contribution in [0.5, 0.6) is 0 Å². The Morgan fingerprint density at radius 3 is 1.29 bits per heavy atom. The van der Waals surface area contributed by atoms with Crippen molar-refractivity contribution in [1.29, 1.82) is 0 Å². The van der Waals surface area contributed by atoms with Crippen LogP contribution in [0.2, 0.25) is 0 Å². The standard InChI is InChI=1S/C43H72N2O4/c1-3-5-7-9-11-13-15-17-19-21-23-25-27-29-31-36-41(46)44-38-34-33-35-40(43(48)49)39-45-42(47)37-32-30-28-26-24-22-20-18-16-14-12-10-8-6-4-2/h11-14,17-20,23-26,40H,3-10,15-16,21-22,27-39H2,1-2H3,(H,44,46)(H,45,47)(H,48,49)/b13-11-,14-12-,19-17-,20-18-,25-23-,26-24-. The Hall–Kier alpha value is -3.15. The Bertz CT molecular complexity index is 976. The number of carbonyl (C=O) groups excluding carboxylic acids is 2. The van der Waals surface area contributed by atoms with Crippen LogP contribution < -0.4 is 10.6 Å². The summed E-state index contributed by atoms with van der Waals surface area (Å²) in [5, 5.41) is 15.3. The number of aliphatic carboxylic acids is 1. The minimum atomic E-state index is -0.887. The second-order valence-corrected chi connectivity index (χ2v) is 12.9. The summed E-state index contributed by atoms with van der Waals surface area (Å²) in [6.07, 6.45) is 48.9. The zero-order valence-corrected chi connectivity index (χ0v) is 31.4. The number of carboxylic acid groups (broad SMARTS) is 1. The fraction of sp³-hybridized carbons (Fsp3) is 0.651. The van der Waals surface area contributed by atoms with Gasteiger partial charge >= 0.3 is 5.97 Å². The van der Waals surface area contributed by atoms with E-state index in [-0.39, 0.29) is 18.4 Å². The first-order valence-corrected chi connectivity index (χ1v) is 19.7. The molecule has 0 aromatic carbocycles. The molecular formula is C43H72N2O4. The van der Waals surface area contributed by atoms with Gasteiger partial charge in [0.25, 0.3) is 0 Å². The third kappa shape index (κ3) is 36.0. The summed E-state index contributed by atoms with van der Waals surface area (Å²) in [6.45, 7) is 5.16. The van der Waals surface area contributed by atoms with E-state index in [9.17, 15) is 19.5 Å². The molecule has 1 unspecified atom stereocenters. The third-order valence-corrected chi connectivity index (χ3v) is 8.28. The number of carboxylic acids is 1.